The van der Waals surface area contributed by atoms with Crippen molar-refractivity contribution < 1.29 is 63.1 Å². The Morgan fingerprint density at radius 1 is 0.811 bits per heavy atom. The van der Waals surface area contributed by atoms with E-state index in [4.69, 9.17) is 19.1 Å². The normalized spacial score (nSPS) is 22.0. The van der Waals surface area contributed by atoms with Crippen LogP contribution < -0.4 is 0 Å². The number of esters is 2. The Morgan fingerprint density at radius 2 is 1.45 bits per heavy atom. The molecule has 1 unspecified atom stereocenters. The number of hydrogen-bond acceptors (Lipinski definition) is 12. The lowest BCUT2D eigenvalue weighted by Crippen LogP contribution is -2.29. The van der Waals surface area contributed by atoms with Gasteiger partial charge >= 0.3 is 19.8 Å². The highest BCUT2D eigenvalue weighted by atomic mass is 31.2. The van der Waals surface area contributed by atoms with E-state index in [0.717, 1.165) is 44.9 Å². The molecule has 0 bridgehead atoms. The molecule has 53 heavy (non-hydrogen) atoms. The maximum atomic E-state index is 12.6. The van der Waals surface area contributed by atoms with Crippen LogP contribution in [0.15, 0.2) is 24.3 Å². The van der Waals surface area contributed by atoms with E-state index in [1.165, 1.54) is 19.3 Å². The second kappa shape index (κ2) is 29.6. The maximum Gasteiger partial charge on any atom is 0.472 e. The zero-order valence-electron chi connectivity index (χ0n) is 32.5. The third kappa shape index (κ3) is 25.2. The zero-order valence-corrected chi connectivity index (χ0v) is 33.4. The van der Waals surface area contributed by atoms with Gasteiger partial charge < -0.3 is 39.9 Å². The summed E-state index contributed by atoms with van der Waals surface area (Å²) in [6.45, 7) is 4.21. The van der Waals surface area contributed by atoms with Crippen LogP contribution in [0.25, 0.3) is 0 Å². The van der Waals surface area contributed by atoms with Gasteiger partial charge in [-0.15, -0.1) is 0 Å². The van der Waals surface area contributed by atoms with Crippen LogP contribution in [-0.4, -0.2) is 99.3 Å². The average Bonchev–Trinajstić information content (AvgIpc) is 3.38. The summed E-state index contributed by atoms with van der Waals surface area (Å²) in [5.41, 5.74) is 0. The number of phosphoric acid groups is 1. The summed E-state index contributed by atoms with van der Waals surface area (Å²) < 4.78 is 32.5. The second-order valence-corrected chi connectivity index (χ2v) is 16.2. The monoisotopic (exact) mass is 778 g/mol. The Bertz CT molecular complexity index is 1070. The first kappa shape index (κ1) is 49.3. The van der Waals surface area contributed by atoms with Crippen molar-refractivity contribution in [2.24, 2.45) is 17.8 Å². The van der Waals surface area contributed by atoms with Crippen LogP contribution in [0.4, 0.5) is 0 Å². The lowest BCUT2D eigenvalue weighted by molar-refractivity contribution is -0.161. The highest BCUT2D eigenvalue weighted by Crippen LogP contribution is 2.43. The van der Waals surface area contributed by atoms with Crippen LogP contribution in [0, 0.1) is 17.8 Å². The smallest absolute Gasteiger partial charge is 0.462 e. The van der Waals surface area contributed by atoms with Gasteiger partial charge in [-0.25, -0.2) is 4.57 Å². The SMILES string of the molecule is CCCCC[C@H](O)/C=C/[C@@H]1[C@@H](C/C=C/CCCC(=O)OC[C@H](COP(=O)(O)OC[C@@H](O)CO)OC(=O)CCCCCCCCCC(C)C)[C@@H](O)C[C@H]1O. The second-order valence-electron chi connectivity index (χ2n) is 14.8. The molecule has 0 aromatic carbocycles. The number of rotatable bonds is 32. The number of aliphatic hydroxyl groups is 5. The lowest BCUT2D eigenvalue weighted by Gasteiger charge is -2.20. The lowest BCUT2D eigenvalue weighted by atomic mass is 9.89. The molecule has 310 valence electrons. The first-order valence-electron chi connectivity index (χ1n) is 19.9. The summed E-state index contributed by atoms with van der Waals surface area (Å²) in [7, 11) is -4.67. The summed E-state index contributed by atoms with van der Waals surface area (Å²) in [6, 6.07) is 0. The molecule has 1 fully saturated rings. The number of aliphatic hydroxyl groups excluding tert-OH is 5. The number of allylic oxidation sites excluding steroid dienone is 2. The van der Waals surface area contributed by atoms with Gasteiger partial charge in [-0.2, -0.15) is 0 Å². The summed E-state index contributed by atoms with van der Waals surface area (Å²) in [5, 5.41) is 49.5. The van der Waals surface area contributed by atoms with E-state index in [-0.39, 0.29) is 31.1 Å². The maximum absolute atomic E-state index is 12.6. The Morgan fingerprint density at radius 3 is 2.13 bits per heavy atom. The Kier molecular flexibility index (Phi) is 27.6. The predicted molar refractivity (Wildman–Crippen MR) is 203 cm³/mol. The van der Waals surface area contributed by atoms with Crippen LogP contribution in [0.2, 0.25) is 0 Å². The minimum absolute atomic E-state index is 0.0655. The Labute approximate surface area is 317 Å². The molecule has 1 saturated carbocycles. The minimum Gasteiger partial charge on any atom is -0.462 e. The largest absolute Gasteiger partial charge is 0.472 e. The van der Waals surface area contributed by atoms with Gasteiger partial charge in [-0.05, 0) is 43.9 Å². The van der Waals surface area contributed by atoms with Crippen LogP contribution in [0.1, 0.15) is 136 Å². The van der Waals surface area contributed by atoms with E-state index in [2.05, 4.69) is 25.3 Å². The molecular weight excluding hydrogens is 707 g/mol. The molecule has 0 radical (unpaired) electrons. The van der Waals surface area contributed by atoms with Gasteiger partial charge in [-0.3, -0.25) is 18.6 Å². The first-order chi connectivity index (χ1) is 25.3. The molecule has 0 spiro atoms. The third-order valence-corrected chi connectivity index (χ3v) is 10.3. The molecule has 0 aromatic heterocycles. The molecule has 1 rings (SSSR count). The van der Waals surface area contributed by atoms with Gasteiger partial charge in [0.1, 0.15) is 12.7 Å². The van der Waals surface area contributed by atoms with Gasteiger partial charge in [0.15, 0.2) is 6.10 Å². The fourth-order valence-corrected chi connectivity index (χ4v) is 6.96. The molecular formula is C39H71O13P. The number of ether oxygens (including phenoxy) is 2. The topological polar surface area (TPSA) is 210 Å². The van der Waals surface area contributed by atoms with Gasteiger partial charge in [0.05, 0.1) is 38.1 Å². The predicted octanol–water partition coefficient (Wildman–Crippen LogP) is 6.07. The number of carbonyl (C=O) groups is 2. The van der Waals surface area contributed by atoms with E-state index in [9.17, 15) is 39.5 Å². The number of hydrogen-bond donors (Lipinski definition) is 6. The molecule has 13 nitrogen and oxygen atoms in total. The van der Waals surface area contributed by atoms with Crippen LogP contribution in [0.5, 0.6) is 0 Å². The van der Waals surface area contributed by atoms with E-state index in [1.54, 1.807) is 6.08 Å². The van der Waals surface area contributed by atoms with E-state index in [1.807, 2.05) is 18.2 Å². The van der Waals surface area contributed by atoms with Crippen molar-refractivity contribution in [3.63, 3.8) is 0 Å². The van der Waals surface area contributed by atoms with Gasteiger partial charge in [0, 0.05) is 25.2 Å². The molecule has 0 aromatic rings. The highest BCUT2D eigenvalue weighted by molar-refractivity contribution is 7.47. The molecule has 6 N–H and O–H groups in total. The summed E-state index contributed by atoms with van der Waals surface area (Å²) in [5.74, 6) is -0.838. The van der Waals surface area contributed by atoms with Gasteiger partial charge in [-0.1, -0.05) is 109 Å². The van der Waals surface area contributed by atoms with E-state index >= 15 is 0 Å². The van der Waals surface area contributed by atoms with Gasteiger partial charge in [0.2, 0.25) is 0 Å². The molecule has 1 aliphatic carbocycles. The average molecular weight is 779 g/mol. The summed E-state index contributed by atoms with van der Waals surface area (Å²) in [4.78, 5) is 35.0. The molecule has 14 heteroatoms. The molecule has 0 amide bonds. The summed E-state index contributed by atoms with van der Waals surface area (Å²) >= 11 is 0. The molecule has 1 aliphatic rings. The molecule has 0 heterocycles. The standard InChI is InChI=1S/C39H71O13P/c1-4-5-13-19-31(41)23-24-35-34(36(43)25-37(35)44)20-15-11-12-16-21-38(45)49-28-33(29-51-53(47,48)50-27-32(42)26-40)52-39(46)22-17-10-8-6-7-9-14-18-30(2)3/h11,15,23-24,30-37,40-44H,4-10,12-14,16-22,25-29H2,1-3H3,(H,47,48)/b15-11+,24-23+/t31-,32-,33+,34+,35+,36-,37+/m0/s1. The number of phosphoric ester groups is 1. The van der Waals surface area contributed by atoms with Crippen molar-refractivity contribution in [1.82, 2.24) is 0 Å². The summed E-state index contributed by atoms with van der Waals surface area (Å²) in [6.07, 6.45) is 17.1. The highest BCUT2D eigenvalue weighted by Gasteiger charge is 2.39. The van der Waals surface area contributed by atoms with Crippen LogP contribution >= 0.6 is 7.82 Å². The van der Waals surface area contributed by atoms with Gasteiger partial charge in [0.25, 0.3) is 0 Å². The Balaban J connectivity index is 2.53. The van der Waals surface area contributed by atoms with Crippen LogP contribution in [-0.2, 0) is 32.7 Å². The molecule has 0 saturated heterocycles. The van der Waals surface area contributed by atoms with Crippen molar-refractivity contribution in [3.05, 3.63) is 24.3 Å². The van der Waals surface area contributed by atoms with Crippen molar-refractivity contribution in [1.29, 1.82) is 0 Å². The van der Waals surface area contributed by atoms with E-state index < -0.39 is 76.7 Å². The Hall–Kier alpha value is -1.67. The zero-order chi connectivity index (χ0) is 39.5. The number of unbranched alkanes of at least 4 members (excludes halogenated alkanes) is 9. The molecule has 8 atom stereocenters. The van der Waals surface area contributed by atoms with Crippen molar-refractivity contribution in [3.8, 4) is 0 Å². The van der Waals surface area contributed by atoms with Crippen molar-refractivity contribution in [2.75, 3.05) is 26.4 Å². The fraction of sp³-hybridized carbons (Fsp3) is 0.846. The fourth-order valence-electron chi connectivity index (χ4n) is 6.17. The van der Waals surface area contributed by atoms with E-state index in [0.29, 0.717) is 38.0 Å². The quantitative estimate of drug-likeness (QED) is 0.0199. The number of carbonyl (C=O) groups excluding carboxylic acids is 2. The van der Waals surface area contributed by atoms with Crippen molar-refractivity contribution in [2.45, 2.75) is 167 Å². The van der Waals surface area contributed by atoms with Crippen LogP contribution in [0.3, 0.4) is 0 Å². The minimum atomic E-state index is -4.67. The first-order valence-corrected chi connectivity index (χ1v) is 21.4. The third-order valence-electron chi connectivity index (χ3n) is 9.36. The molecule has 0 aliphatic heterocycles. The van der Waals surface area contributed by atoms with Crippen molar-refractivity contribution >= 4 is 19.8 Å².